The third-order valence-electron chi connectivity index (χ3n) is 5.02. The highest BCUT2D eigenvalue weighted by atomic mass is 32.2. The average molecular weight is 491 g/mol. The number of carbonyl (C=O) groups excluding carboxylic acids is 1. The Bertz CT molecular complexity index is 1150. The Morgan fingerprint density at radius 2 is 1.94 bits per heavy atom. The number of alkyl halides is 2. The summed E-state index contributed by atoms with van der Waals surface area (Å²) in [6, 6.07) is 4.74. The van der Waals surface area contributed by atoms with Gasteiger partial charge in [0.25, 0.3) is 11.3 Å². The molecule has 174 valence electrons. The Labute approximate surface area is 186 Å². The molecule has 32 heavy (non-hydrogen) atoms. The highest BCUT2D eigenvalue weighted by Gasteiger charge is 2.30. The molecule has 0 radical (unpaired) electrons. The van der Waals surface area contributed by atoms with Crippen LogP contribution in [0.4, 0.5) is 13.2 Å². The van der Waals surface area contributed by atoms with E-state index in [9.17, 15) is 31.2 Å². The first-order valence-corrected chi connectivity index (χ1v) is 12.0. The zero-order valence-electron chi connectivity index (χ0n) is 17.1. The number of hydrogen-bond acceptors (Lipinski definition) is 6. The number of rotatable bonds is 7. The maximum Gasteiger partial charge on any atom is 0.291 e. The molecule has 13 heteroatoms. The summed E-state index contributed by atoms with van der Waals surface area (Å²) in [6.07, 6.45) is 0.0675. The van der Waals surface area contributed by atoms with E-state index in [0.717, 1.165) is 12.1 Å². The van der Waals surface area contributed by atoms with Crippen molar-refractivity contribution in [1.82, 2.24) is 19.2 Å². The number of sulfonamides is 1. The molecule has 1 aliphatic rings. The van der Waals surface area contributed by atoms with Crippen molar-refractivity contribution in [3.8, 4) is 0 Å². The van der Waals surface area contributed by atoms with Crippen LogP contribution in [-0.2, 0) is 21.2 Å². The lowest BCUT2D eigenvalue weighted by molar-refractivity contribution is -0.132. The van der Waals surface area contributed by atoms with Crippen molar-refractivity contribution in [1.29, 1.82) is 0 Å². The summed E-state index contributed by atoms with van der Waals surface area (Å²) < 4.78 is 64.8. The van der Waals surface area contributed by atoms with Crippen molar-refractivity contribution < 1.29 is 26.4 Å². The molecular formula is C19H21F3N4O4S2. The largest absolute Gasteiger partial charge is 0.340 e. The van der Waals surface area contributed by atoms with E-state index >= 15 is 0 Å². The Kier molecular flexibility index (Phi) is 7.62. The molecule has 0 spiro atoms. The number of thioether (sulfide) groups is 1. The number of aryl methyl sites for hydroxylation is 1. The molecule has 0 saturated carbocycles. The number of aromatic amines is 1. The molecule has 0 aliphatic carbocycles. The summed E-state index contributed by atoms with van der Waals surface area (Å²) in [4.78, 5) is 32.3. The predicted molar refractivity (Wildman–Crippen MR) is 112 cm³/mol. The molecule has 2 aromatic rings. The van der Waals surface area contributed by atoms with Crippen molar-refractivity contribution in [2.24, 2.45) is 0 Å². The molecule has 1 saturated heterocycles. The first kappa shape index (κ1) is 24.3. The SMILES string of the molecule is Cc1nc(SC(F)F)[nH]c(=O)c1CCC(=O)N1CCN(S(=O)(=O)c2cccc(F)c2)CC1. The quantitative estimate of drug-likeness (QED) is 0.470. The maximum absolute atomic E-state index is 13.4. The number of piperazine rings is 1. The van der Waals surface area contributed by atoms with Gasteiger partial charge in [0.05, 0.1) is 4.90 Å². The van der Waals surface area contributed by atoms with E-state index in [1.54, 1.807) is 0 Å². The summed E-state index contributed by atoms with van der Waals surface area (Å²) in [5.41, 5.74) is -0.0561. The molecule has 0 atom stereocenters. The molecule has 0 unspecified atom stereocenters. The normalized spacial score (nSPS) is 15.3. The Morgan fingerprint density at radius 1 is 1.25 bits per heavy atom. The van der Waals surface area contributed by atoms with Crippen LogP contribution in [0.3, 0.4) is 0 Å². The standard InChI is InChI=1S/C19H21F3N4O4S2/c1-12-15(17(28)24-19(23-12)31-18(21)22)5-6-16(27)25-7-9-26(10-8-25)32(29,30)14-4-2-3-13(20)11-14/h2-4,11,18H,5-10H2,1H3,(H,23,24,28). The van der Waals surface area contributed by atoms with E-state index in [4.69, 9.17) is 0 Å². The van der Waals surface area contributed by atoms with Gasteiger partial charge in [-0.2, -0.15) is 13.1 Å². The highest BCUT2D eigenvalue weighted by molar-refractivity contribution is 7.99. The van der Waals surface area contributed by atoms with Crippen LogP contribution in [0, 0.1) is 12.7 Å². The van der Waals surface area contributed by atoms with Crippen LogP contribution in [0.2, 0.25) is 0 Å². The number of aromatic nitrogens is 2. The van der Waals surface area contributed by atoms with E-state index in [1.165, 1.54) is 28.3 Å². The molecule has 3 rings (SSSR count). The zero-order valence-corrected chi connectivity index (χ0v) is 18.7. The van der Waals surface area contributed by atoms with Gasteiger partial charge in [-0.15, -0.1) is 0 Å². The third kappa shape index (κ3) is 5.70. The number of amides is 1. The van der Waals surface area contributed by atoms with Crippen LogP contribution in [-0.4, -0.2) is 65.4 Å². The molecule has 1 N–H and O–H groups in total. The fraction of sp³-hybridized carbons (Fsp3) is 0.421. The second-order valence-corrected chi connectivity index (χ2v) is 9.97. The number of H-pyrrole nitrogens is 1. The lowest BCUT2D eigenvalue weighted by Crippen LogP contribution is -2.50. The number of carbonyl (C=O) groups is 1. The van der Waals surface area contributed by atoms with Crippen molar-refractivity contribution in [3.05, 3.63) is 51.7 Å². The van der Waals surface area contributed by atoms with Crippen LogP contribution >= 0.6 is 11.8 Å². The van der Waals surface area contributed by atoms with Crippen molar-refractivity contribution in [2.45, 2.75) is 35.6 Å². The van der Waals surface area contributed by atoms with Crippen molar-refractivity contribution in [3.63, 3.8) is 0 Å². The van der Waals surface area contributed by atoms with Crippen LogP contribution in [0.25, 0.3) is 0 Å². The van der Waals surface area contributed by atoms with Gasteiger partial charge in [-0.3, -0.25) is 9.59 Å². The van der Waals surface area contributed by atoms with Crippen LogP contribution in [0.15, 0.2) is 39.1 Å². The van der Waals surface area contributed by atoms with Gasteiger partial charge in [-0.1, -0.05) is 6.07 Å². The van der Waals surface area contributed by atoms with E-state index in [1.807, 2.05) is 0 Å². The van der Waals surface area contributed by atoms with Gasteiger partial charge in [0.1, 0.15) is 5.82 Å². The van der Waals surface area contributed by atoms with E-state index in [0.29, 0.717) is 0 Å². The minimum Gasteiger partial charge on any atom is -0.340 e. The molecule has 1 amide bonds. The minimum atomic E-state index is -3.87. The van der Waals surface area contributed by atoms with Gasteiger partial charge in [-0.25, -0.2) is 17.8 Å². The van der Waals surface area contributed by atoms with Crippen LogP contribution < -0.4 is 5.56 Å². The number of hydrogen-bond donors (Lipinski definition) is 1. The van der Waals surface area contributed by atoms with E-state index in [2.05, 4.69) is 9.97 Å². The molecule has 1 aliphatic heterocycles. The number of halogens is 3. The zero-order chi connectivity index (χ0) is 23.5. The van der Waals surface area contributed by atoms with E-state index < -0.39 is 27.2 Å². The van der Waals surface area contributed by atoms with Crippen LogP contribution in [0.5, 0.6) is 0 Å². The van der Waals surface area contributed by atoms with Gasteiger partial charge in [0.15, 0.2) is 5.16 Å². The van der Waals surface area contributed by atoms with Gasteiger partial charge in [-0.05, 0) is 43.3 Å². The number of nitrogens with zero attached hydrogens (tertiary/aromatic N) is 3. The molecule has 2 heterocycles. The topological polar surface area (TPSA) is 103 Å². The highest BCUT2D eigenvalue weighted by Crippen LogP contribution is 2.21. The molecule has 1 fully saturated rings. The molecule has 0 bridgehead atoms. The molecule has 1 aromatic carbocycles. The number of nitrogens with one attached hydrogen (secondary N) is 1. The average Bonchev–Trinajstić information content (AvgIpc) is 2.72. The summed E-state index contributed by atoms with van der Waals surface area (Å²) in [7, 11) is -3.87. The smallest absolute Gasteiger partial charge is 0.291 e. The lowest BCUT2D eigenvalue weighted by Gasteiger charge is -2.34. The predicted octanol–water partition coefficient (Wildman–Crippen LogP) is 2.00. The third-order valence-corrected chi connectivity index (χ3v) is 7.50. The monoisotopic (exact) mass is 490 g/mol. The maximum atomic E-state index is 13.4. The van der Waals surface area contributed by atoms with Crippen LogP contribution in [0.1, 0.15) is 17.7 Å². The fourth-order valence-electron chi connectivity index (χ4n) is 3.36. The van der Waals surface area contributed by atoms with E-state index in [-0.39, 0.29) is 78.0 Å². The minimum absolute atomic E-state index is 0.0103. The van der Waals surface area contributed by atoms with Gasteiger partial charge < -0.3 is 9.88 Å². The van der Waals surface area contributed by atoms with Gasteiger partial charge in [0.2, 0.25) is 15.9 Å². The summed E-state index contributed by atoms with van der Waals surface area (Å²) in [6.45, 7) is 1.95. The molecular weight excluding hydrogens is 469 g/mol. The van der Waals surface area contributed by atoms with Gasteiger partial charge >= 0.3 is 0 Å². The molecule has 1 aromatic heterocycles. The Hall–Kier alpha value is -2.38. The molecule has 8 nitrogen and oxygen atoms in total. The second-order valence-electron chi connectivity index (χ2n) is 7.06. The Balaban J connectivity index is 1.58. The summed E-state index contributed by atoms with van der Waals surface area (Å²) >= 11 is 0.134. The summed E-state index contributed by atoms with van der Waals surface area (Å²) in [5, 5.41) is -0.187. The lowest BCUT2D eigenvalue weighted by atomic mass is 10.1. The number of benzene rings is 1. The first-order valence-electron chi connectivity index (χ1n) is 9.66. The van der Waals surface area contributed by atoms with Crippen molar-refractivity contribution >= 4 is 27.7 Å². The second kappa shape index (κ2) is 10.0. The summed E-state index contributed by atoms with van der Waals surface area (Å²) in [5.74, 6) is -3.63. The van der Waals surface area contributed by atoms with Gasteiger partial charge in [0, 0.05) is 43.9 Å². The Morgan fingerprint density at radius 3 is 2.53 bits per heavy atom. The fourth-order valence-corrected chi connectivity index (χ4v) is 5.33. The van der Waals surface area contributed by atoms with Crippen molar-refractivity contribution in [2.75, 3.05) is 26.2 Å². The first-order chi connectivity index (χ1) is 15.1.